The molecule has 0 atom stereocenters. The normalized spacial score (nSPS) is 11.3. The third kappa shape index (κ3) is 2.56. The summed E-state index contributed by atoms with van der Waals surface area (Å²) in [5.74, 6) is 0.791. The highest BCUT2D eigenvalue weighted by molar-refractivity contribution is 6.31. The lowest BCUT2D eigenvalue weighted by Crippen LogP contribution is -2.11. The van der Waals surface area contributed by atoms with Gasteiger partial charge in [-0.25, -0.2) is 14.6 Å². The van der Waals surface area contributed by atoms with Crippen molar-refractivity contribution in [2.75, 3.05) is 5.32 Å². The number of aromatic nitrogens is 4. The number of halogens is 1. The van der Waals surface area contributed by atoms with Gasteiger partial charge in [-0.1, -0.05) is 17.7 Å². The molecular formula is C15H16ClN5. The Morgan fingerprint density at radius 2 is 2.05 bits per heavy atom. The molecule has 1 aromatic carbocycles. The highest BCUT2D eigenvalue weighted by atomic mass is 35.5. The van der Waals surface area contributed by atoms with E-state index < -0.39 is 0 Å². The van der Waals surface area contributed by atoms with E-state index in [0.29, 0.717) is 11.1 Å². The van der Waals surface area contributed by atoms with E-state index in [1.165, 1.54) is 0 Å². The van der Waals surface area contributed by atoms with E-state index in [4.69, 9.17) is 11.6 Å². The predicted molar refractivity (Wildman–Crippen MR) is 85.2 cm³/mol. The molecule has 0 amide bonds. The first-order chi connectivity index (χ1) is 10.1. The number of fused-ring (bicyclic) bond motifs is 1. The number of anilines is 1. The number of rotatable bonds is 3. The van der Waals surface area contributed by atoms with Gasteiger partial charge in [-0.2, -0.15) is 5.10 Å². The Labute approximate surface area is 128 Å². The zero-order valence-electron chi connectivity index (χ0n) is 12.1. The van der Waals surface area contributed by atoms with Gasteiger partial charge in [0.1, 0.15) is 12.1 Å². The SMILES string of the molecule is Cc1ccc(-n2ncc3c(NC(C)C)ncnc32)cc1Cl. The van der Waals surface area contributed by atoms with Crippen LogP contribution in [0.2, 0.25) is 5.02 Å². The van der Waals surface area contributed by atoms with Crippen LogP contribution >= 0.6 is 11.6 Å². The van der Waals surface area contributed by atoms with Gasteiger partial charge in [0.15, 0.2) is 5.65 Å². The Hall–Kier alpha value is -2.14. The van der Waals surface area contributed by atoms with Crippen molar-refractivity contribution in [1.82, 2.24) is 19.7 Å². The van der Waals surface area contributed by atoms with E-state index in [1.54, 1.807) is 17.2 Å². The summed E-state index contributed by atoms with van der Waals surface area (Å²) < 4.78 is 1.77. The third-order valence-corrected chi connectivity index (χ3v) is 3.60. The van der Waals surface area contributed by atoms with Crippen LogP contribution < -0.4 is 5.32 Å². The Balaban J connectivity index is 2.14. The van der Waals surface area contributed by atoms with Crippen molar-refractivity contribution in [3.05, 3.63) is 41.3 Å². The zero-order chi connectivity index (χ0) is 15.0. The molecule has 108 valence electrons. The summed E-state index contributed by atoms with van der Waals surface area (Å²) in [6, 6.07) is 6.13. The molecule has 0 aliphatic heterocycles. The molecule has 1 N–H and O–H groups in total. The van der Waals surface area contributed by atoms with Gasteiger partial charge >= 0.3 is 0 Å². The first-order valence-electron chi connectivity index (χ1n) is 6.78. The molecule has 0 radical (unpaired) electrons. The second kappa shape index (κ2) is 5.33. The van der Waals surface area contributed by atoms with Gasteiger partial charge in [-0.3, -0.25) is 0 Å². The van der Waals surface area contributed by atoms with E-state index in [1.807, 2.05) is 25.1 Å². The fourth-order valence-corrected chi connectivity index (χ4v) is 2.31. The first-order valence-corrected chi connectivity index (χ1v) is 7.16. The Kier molecular flexibility index (Phi) is 3.51. The van der Waals surface area contributed by atoms with Crippen molar-refractivity contribution in [3.8, 4) is 5.69 Å². The molecule has 6 heteroatoms. The minimum absolute atomic E-state index is 0.292. The number of hydrogen-bond donors (Lipinski definition) is 1. The molecule has 0 saturated heterocycles. The average molecular weight is 302 g/mol. The van der Waals surface area contributed by atoms with Crippen molar-refractivity contribution >= 4 is 28.5 Å². The van der Waals surface area contributed by atoms with Gasteiger partial charge in [0.05, 0.1) is 17.3 Å². The molecule has 21 heavy (non-hydrogen) atoms. The molecule has 5 nitrogen and oxygen atoms in total. The lowest BCUT2D eigenvalue weighted by molar-refractivity contribution is 0.885. The molecular weight excluding hydrogens is 286 g/mol. The van der Waals surface area contributed by atoms with Gasteiger partial charge in [-0.05, 0) is 38.5 Å². The quantitative estimate of drug-likeness (QED) is 0.803. The molecule has 0 aliphatic rings. The fourth-order valence-electron chi connectivity index (χ4n) is 2.14. The second-order valence-corrected chi connectivity index (χ2v) is 5.66. The van der Waals surface area contributed by atoms with Gasteiger partial charge in [0.2, 0.25) is 0 Å². The molecule has 3 rings (SSSR count). The number of benzene rings is 1. The van der Waals surface area contributed by atoms with Gasteiger partial charge in [0.25, 0.3) is 0 Å². The summed E-state index contributed by atoms with van der Waals surface area (Å²) in [5, 5.41) is 9.33. The summed E-state index contributed by atoms with van der Waals surface area (Å²) in [6.45, 7) is 6.11. The lowest BCUT2D eigenvalue weighted by Gasteiger charge is -2.09. The Bertz CT molecular complexity index is 794. The van der Waals surface area contributed by atoms with Gasteiger partial charge in [0, 0.05) is 11.1 Å². The summed E-state index contributed by atoms with van der Waals surface area (Å²) in [4.78, 5) is 8.63. The molecule has 0 fully saturated rings. The van der Waals surface area contributed by atoms with Crippen LogP contribution in [0.4, 0.5) is 5.82 Å². The Morgan fingerprint density at radius 3 is 2.76 bits per heavy atom. The van der Waals surface area contributed by atoms with Crippen molar-refractivity contribution in [2.24, 2.45) is 0 Å². The van der Waals surface area contributed by atoms with Gasteiger partial charge in [-0.15, -0.1) is 0 Å². The summed E-state index contributed by atoms with van der Waals surface area (Å²) in [6.07, 6.45) is 3.31. The summed E-state index contributed by atoms with van der Waals surface area (Å²) in [5.41, 5.74) is 2.68. The fraction of sp³-hybridized carbons (Fsp3) is 0.267. The Morgan fingerprint density at radius 1 is 1.24 bits per heavy atom. The maximum absolute atomic E-state index is 6.20. The molecule has 0 bridgehead atoms. The van der Waals surface area contributed by atoms with Crippen LogP contribution in [0.15, 0.2) is 30.7 Å². The van der Waals surface area contributed by atoms with Crippen molar-refractivity contribution in [3.63, 3.8) is 0 Å². The van der Waals surface area contributed by atoms with Crippen LogP contribution in [0.5, 0.6) is 0 Å². The minimum Gasteiger partial charge on any atom is -0.367 e. The maximum atomic E-state index is 6.20. The van der Waals surface area contributed by atoms with E-state index in [9.17, 15) is 0 Å². The van der Waals surface area contributed by atoms with Crippen molar-refractivity contribution in [1.29, 1.82) is 0 Å². The van der Waals surface area contributed by atoms with Gasteiger partial charge < -0.3 is 5.32 Å². The average Bonchev–Trinajstić information content (AvgIpc) is 2.86. The molecule has 0 saturated carbocycles. The summed E-state index contributed by atoms with van der Waals surface area (Å²) >= 11 is 6.20. The van der Waals surface area contributed by atoms with E-state index >= 15 is 0 Å². The largest absolute Gasteiger partial charge is 0.367 e. The lowest BCUT2D eigenvalue weighted by atomic mass is 10.2. The number of hydrogen-bond acceptors (Lipinski definition) is 4. The van der Waals surface area contributed by atoms with Crippen molar-refractivity contribution < 1.29 is 0 Å². The predicted octanol–water partition coefficient (Wildman–Crippen LogP) is 3.60. The summed E-state index contributed by atoms with van der Waals surface area (Å²) in [7, 11) is 0. The van der Waals surface area contributed by atoms with Crippen molar-refractivity contribution in [2.45, 2.75) is 26.8 Å². The smallest absolute Gasteiger partial charge is 0.168 e. The highest BCUT2D eigenvalue weighted by Crippen LogP contribution is 2.24. The molecule has 0 unspecified atom stereocenters. The third-order valence-electron chi connectivity index (χ3n) is 3.19. The zero-order valence-corrected chi connectivity index (χ0v) is 12.9. The van der Waals surface area contributed by atoms with Crippen LogP contribution in [0.1, 0.15) is 19.4 Å². The first kappa shape index (κ1) is 13.8. The molecule has 0 aliphatic carbocycles. The van der Waals surface area contributed by atoms with Crippen LogP contribution in [-0.2, 0) is 0 Å². The second-order valence-electron chi connectivity index (χ2n) is 5.25. The standard InChI is InChI=1S/C15H16ClN5/c1-9(2)20-14-12-7-19-21(15(12)18-8-17-14)11-5-4-10(3)13(16)6-11/h4-9H,1-3H3,(H,17,18,20). The van der Waals surface area contributed by atoms with Crippen LogP contribution in [0.25, 0.3) is 16.7 Å². The maximum Gasteiger partial charge on any atom is 0.168 e. The molecule has 2 heterocycles. The molecule has 0 spiro atoms. The number of aryl methyl sites for hydroxylation is 1. The van der Waals surface area contributed by atoms with E-state index in [2.05, 4.69) is 34.2 Å². The molecule has 3 aromatic rings. The van der Waals surface area contributed by atoms with Crippen LogP contribution in [0, 0.1) is 6.92 Å². The topological polar surface area (TPSA) is 55.6 Å². The molecule has 2 aromatic heterocycles. The number of nitrogens with one attached hydrogen (secondary N) is 1. The highest BCUT2D eigenvalue weighted by Gasteiger charge is 2.12. The number of nitrogens with zero attached hydrogens (tertiary/aromatic N) is 4. The van der Waals surface area contributed by atoms with E-state index in [-0.39, 0.29) is 0 Å². The minimum atomic E-state index is 0.292. The van der Waals surface area contributed by atoms with Crippen LogP contribution in [-0.4, -0.2) is 25.8 Å². The van der Waals surface area contributed by atoms with E-state index in [0.717, 1.165) is 28.1 Å². The monoisotopic (exact) mass is 301 g/mol. The van der Waals surface area contributed by atoms with Crippen LogP contribution in [0.3, 0.4) is 0 Å².